The van der Waals surface area contributed by atoms with Crippen molar-refractivity contribution in [2.45, 2.75) is 149 Å². The van der Waals surface area contributed by atoms with Gasteiger partial charge in [0, 0.05) is 19.4 Å². The molecule has 23 heteroatoms. The van der Waals surface area contributed by atoms with Crippen molar-refractivity contribution < 1.29 is 98.6 Å². The van der Waals surface area contributed by atoms with Crippen molar-refractivity contribution in [2.24, 2.45) is 11.5 Å². The predicted octanol–water partition coefficient (Wildman–Crippen LogP) is -6.39. The Labute approximate surface area is 322 Å². The van der Waals surface area contributed by atoms with Gasteiger partial charge < -0.3 is 101 Å². The molecule has 3 fully saturated rings. The second kappa shape index (κ2) is 22.8. The number of carboxylic acid groups (broad SMARTS) is 1. The molecule has 23 nitrogen and oxygen atoms in total. The number of nitrogens with one attached hydrogen (secondary N) is 1. The predicted molar refractivity (Wildman–Crippen MR) is 183 cm³/mol. The molecule has 0 aromatic rings. The van der Waals surface area contributed by atoms with Crippen LogP contribution in [0.2, 0.25) is 0 Å². The van der Waals surface area contributed by atoms with Gasteiger partial charge in [-0.15, -0.1) is 0 Å². The lowest BCUT2D eigenvalue weighted by atomic mass is 9.88. The molecule has 0 aromatic heterocycles. The maximum Gasteiger partial charge on any atom is 0.364 e. The second-order valence-electron chi connectivity index (χ2n) is 14.0. The van der Waals surface area contributed by atoms with Crippen molar-refractivity contribution in [3.8, 4) is 0 Å². The Morgan fingerprint density at radius 3 is 2.09 bits per heavy atom. The highest BCUT2D eigenvalue weighted by molar-refractivity contribution is 5.78. The van der Waals surface area contributed by atoms with E-state index in [-0.39, 0.29) is 12.6 Å². The number of nitrogens with two attached hydrogens (primary N) is 2. The standard InChI is InChI=1S/C33H59N3O20/c1-50-20(43)8-6-4-2-3-5-7-9-51-30-22(36-19(42)11-34)25(46)27(18(14-39)53-30)54-31-26(47)29(24(45)17(13-38)52-31)56-33(32(48)49)10-15(40)21(35)28(55-33)23(44)16(41)12-37/h15-18,21-31,37-41,44-47H,2-14,34-35H2,1H3,(H,36,42)(H,48,49)/t15-,16+,17+,18+,21+,22+,23+,24-,25+,26+,27+,28+,29-,30+,31-,33-/m0/s1. The van der Waals surface area contributed by atoms with Gasteiger partial charge in [-0.3, -0.25) is 9.59 Å². The first-order valence-electron chi connectivity index (χ1n) is 18.5. The van der Waals surface area contributed by atoms with Crippen LogP contribution >= 0.6 is 0 Å². The average Bonchev–Trinajstić information content (AvgIpc) is 3.18. The third kappa shape index (κ3) is 12.1. The number of aliphatic carboxylic acids is 1. The highest BCUT2D eigenvalue weighted by atomic mass is 16.8. The number of aliphatic hydroxyl groups is 9. The molecule has 0 radical (unpaired) electrons. The number of methoxy groups -OCH3 is 1. The summed E-state index contributed by atoms with van der Waals surface area (Å²) in [6, 6.07) is -2.87. The molecular formula is C33H59N3O20. The van der Waals surface area contributed by atoms with Crippen molar-refractivity contribution in [1.82, 2.24) is 5.32 Å². The summed E-state index contributed by atoms with van der Waals surface area (Å²) < 4.78 is 38.9. The molecule has 3 heterocycles. The van der Waals surface area contributed by atoms with Crippen LogP contribution in [-0.2, 0) is 47.5 Å². The largest absolute Gasteiger partial charge is 0.477 e. The molecule has 0 saturated carbocycles. The summed E-state index contributed by atoms with van der Waals surface area (Å²) in [5, 5.41) is 107. The van der Waals surface area contributed by atoms with Gasteiger partial charge in [0.25, 0.3) is 5.79 Å². The summed E-state index contributed by atoms with van der Waals surface area (Å²) in [4.78, 5) is 36.3. The number of carbonyl (C=O) groups is 3. The number of hydrogen-bond acceptors (Lipinski definition) is 21. The van der Waals surface area contributed by atoms with Gasteiger partial charge in [0.1, 0.15) is 67.1 Å². The lowest BCUT2D eigenvalue weighted by Crippen LogP contribution is -2.70. The van der Waals surface area contributed by atoms with Gasteiger partial charge in [-0.1, -0.05) is 25.7 Å². The Morgan fingerprint density at radius 2 is 1.50 bits per heavy atom. The first kappa shape index (κ1) is 48.1. The number of rotatable bonds is 22. The number of hydrogen-bond donors (Lipinski definition) is 13. The monoisotopic (exact) mass is 817 g/mol. The molecule has 3 saturated heterocycles. The van der Waals surface area contributed by atoms with Gasteiger partial charge in [-0.2, -0.15) is 0 Å². The molecule has 56 heavy (non-hydrogen) atoms. The van der Waals surface area contributed by atoms with Gasteiger partial charge in [0.05, 0.1) is 45.6 Å². The molecule has 3 rings (SSSR count). The Bertz CT molecular complexity index is 1220. The summed E-state index contributed by atoms with van der Waals surface area (Å²) in [7, 11) is 1.33. The maximum absolute atomic E-state index is 12.7. The van der Waals surface area contributed by atoms with Crippen LogP contribution in [0.1, 0.15) is 51.4 Å². The molecule has 3 aliphatic heterocycles. The average molecular weight is 818 g/mol. The molecule has 0 aromatic carbocycles. The number of aliphatic hydroxyl groups excluding tert-OH is 9. The minimum absolute atomic E-state index is 0.113. The summed E-state index contributed by atoms with van der Waals surface area (Å²) in [6.07, 6.45) is -19.7. The van der Waals surface area contributed by atoms with Crippen LogP contribution in [0.3, 0.4) is 0 Å². The fourth-order valence-electron chi connectivity index (χ4n) is 6.70. The molecule has 16 atom stereocenters. The zero-order valence-electron chi connectivity index (χ0n) is 31.1. The Morgan fingerprint density at radius 1 is 0.875 bits per heavy atom. The zero-order chi connectivity index (χ0) is 41.7. The number of esters is 1. The van der Waals surface area contributed by atoms with E-state index in [1.54, 1.807) is 0 Å². The third-order valence-electron chi connectivity index (χ3n) is 9.96. The van der Waals surface area contributed by atoms with E-state index in [1.807, 2.05) is 0 Å². The van der Waals surface area contributed by atoms with Crippen LogP contribution in [-0.4, -0.2) is 207 Å². The fraction of sp³-hybridized carbons (Fsp3) is 0.909. The molecule has 0 unspecified atom stereocenters. The third-order valence-corrected chi connectivity index (χ3v) is 9.96. The molecule has 326 valence electrons. The van der Waals surface area contributed by atoms with E-state index in [0.29, 0.717) is 19.3 Å². The summed E-state index contributed by atoms with van der Waals surface area (Å²) in [5.41, 5.74) is 11.4. The van der Waals surface area contributed by atoms with E-state index in [0.717, 1.165) is 25.7 Å². The first-order valence-corrected chi connectivity index (χ1v) is 18.5. The van der Waals surface area contributed by atoms with E-state index in [9.17, 15) is 65.4 Å². The molecule has 0 bridgehead atoms. The van der Waals surface area contributed by atoms with Crippen molar-refractivity contribution in [1.29, 1.82) is 0 Å². The minimum Gasteiger partial charge on any atom is -0.477 e. The van der Waals surface area contributed by atoms with Crippen molar-refractivity contribution in [2.75, 3.05) is 40.1 Å². The second-order valence-corrected chi connectivity index (χ2v) is 14.0. The van der Waals surface area contributed by atoms with Crippen molar-refractivity contribution in [3.05, 3.63) is 0 Å². The quantitative estimate of drug-likeness (QED) is 0.0357. The SMILES string of the molecule is COC(=O)CCCCCCCCO[C@@H]1O[C@H](CO)[C@@H](O[C@@H]2O[C@H](CO)[C@H](O)[C@H](O[C@]3(C(=O)O)C[C@H](O)[C@@H](N)[C@H]([C@H](O)[C@H](O)CO)O3)[C@H]2O)[C@H](O)[C@H]1NC(=O)CN. The zero-order valence-corrected chi connectivity index (χ0v) is 31.1. The number of carboxylic acids is 1. The summed E-state index contributed by atoms with van der Waals surface area (Å²) in [5.74, 6) is -5.90. The van der Waals surface area contributed by atoms with E-state index in [1.165, 1.54) is 7.11 Å². The number of ether oxygens (including phenoxy) is 7. The van der Waals surface area contributed by atoms with Gasteiger partial charge in [0.2, 0.25) is 5.91 Å². The molecular weight excluding hydrogens is 758 g/mol. The highest BCUT2D eigenvalue weighted by Gasteiger charge is 2.59. The van der Waals surface area contributed by atoms with Gasteiger partial charge in [-0.25, -0.2) is 4.79 Å². The summed E-state index contributed by atoms with van der Waals surface area (Å²) in [6.45, 7) is -3.16. The van der Waals surface area contributed by atoms with E-state index >= 15 is 0 Å². The van der Waals surface area contributed by atoms with Gasteiger partial charge in [0.15, 0.2) is 12.6 Å². The number of carbonyl (C=O) groups excluding carboxylic acids is 2. The molecule has 15 N–H and O–H groups in total. The van der Waals surface area contributed by atoms with Gasteiger partial charge >= 0.3 is 11.9 Å². The lowest BCUT2D eigenvalue weighted by Gasteiger charge is -2.50. The van der Waals surface area contributed by atoms with E-state index < -0.39 is 142 Å². The minimum atomic E-state index is -2.97. The fourth-order valence-corrected chi connectivity index (χ4v) is 6.70. The maximum atomic E-state index is 12.7. The van der Waals surface area contributed by atoms with E-state index in [4.69, 9.17) is 39.9 Å². The Hall–Kier alpha value is -2.27. The Kier molecular flexibility index (Phi) is 19.6. The molecule has 3 aliphatic rings. The van der Waals surface area contributed by atoms with Crippen molar-refractivity contribution in [3.63, 3.8) is 0 Å². The molecule has 0 spiro atoms. The Balaban J connectivity index is 1.77. The van der Waals surface area contributed by atoms with Crippen LogP contribution < -0.4 is 16.8 Å². The van der Waals surface area contributed by atoms with Crippen LogP contribution in [0.4, 0.5) is 0 Å². The molecule has 1 amide bonds. The normalized spacial score (nSPS) is 37.4. The number of unbranched alkanes of at least 4 members (excludes halogenated alkanes) is 5. The molecule has 0 aliphatic carbocycles. The topological polar surface area (TPSA) is 382 Å². The smallest absolute Gasteiger partial charge is 0.364 e. The van der Waals surface area contributed by atoms with E-state index in [2.05, 4.69) is 10.1 Å². The van der Waals surface area contributed by atoms with Crippen LogP contribution in [0.5, 0.6) is 0 Å². The highest BCUT2D eigenvalue weighted by Crippen LogP contribution is 2.38. The van der Waals surface area contributed by atoms with Crippen LogP contribution in [0.25, 0.3) is 0 Å². The lowest BCUT2D eigenvalue weighted by molar-refractivity contribution is -0.382. The van der Waals surface area contributed by atoms with Crippen molar-refractivity contribution >= 4 is 17.8 Å². The van der Waals surface area contributed by atoms with Gasteiger partial charge in [-0.05, 0) is 12.8 Å². The van der Waals surface area contributed by atoms with Crippen LogP contribution in [0, 0.1) is 0 Å². The number of amides is 1. The summed E-state index contributed by atoms with van der Waals surface area (Å²) >= 11 is 0. The van der Waals surface area contributed by atoms with Crippen LogP contribution in [0.15, 0.2) is 0 Å². The first-order chi connectivity index (χ1) is 26.6.